The first kappa shape index (κ1) is 15.3. The Labute approximate surface area is 136 Å². The molecule has 1 N–H and O–H groups in total. The van der Waals surface area contributed by atoms with Gasteiger partial charge in [0.25, 0.3) is 0 Å². The Kier molecular flexibility index (Phi) is 4.42. The lowest BCUT2D eigenvalue weighted by atomic mass is 9.98. The van der Waals surface area contributed by atoms with Gasteiger partial charge in [-0.1, -0.05) is 49.4 Å². The minimum Gasteiger partial charge on any atom is -0.496 e. The van der Waals surface area contributed by atoms with Crippen LogP contribution in [0.15, 0.2) is 59.7 Å². The largest absolute Gasteiger partial charge is 0.496 e. The van der Waals surface area contributed by atoms with Gasteiger partial charge in [0, 0.05) is 17.9 Å². The van der Waals surface area contributed by atoms with E-state index in [1.165, 1.54) is 0 Å². The fourth-order valence-corrected chi connectivity index (χ4v) is 2.84. The molecule has 0 bridgehead atoms. The maximum Gasteiger partial charge on any atom is 0.127 e. The van der Waals surface area contributed by atoms with Crippen LogP contribution < -0.4 is 4.74 Å². The van der Waals surface area contributed by atoms with Crippen LogP contribution in [0.1, 0.15) is 18.1 Å². The Bertz CT molecular complexity index is 724. The van der Waals surface area contributed by atoms with Gasteiger partial charge in [-0.3, -0.25) is 10.4 Å². The third kappa shape index (κ3) is 3.26. The molecule has 0 aromatic heterocycles. The third-order valence-corrected chi connectivity index (χ3v) is 4.05. The summed E-state index contributed by atoms with van der Waals surface area (Å²) in [6.45, 7) is 2.88. The van der Waals surface area contributed by atoms with Gasteiger partial charge in [-0.2, -0.15) is 5.10 Å². The molecule has 0 radical (unpaired) electrons. The lowest BCUT2D eigenvalue weighted by molar-refractivity contribution is 0.413. The highest BCUT2D eigenvalue weighted by Gasteiger charge is 2.27. The Hall–Kier alpha value is -2.62. The van der Waals surface area contributed by atoms with Gasteiger partial charge in [0.15, 0.2) is 0 Å². The van der Waals surface area contributed by atoms with E-state index in [2.05, 4.69) is 12.0 Å². The maximum absolute atomic E-state index is 8.35. The Morgan fingerprint density at radius 1 is 1.17 bits per heavy atom. The predicted molar refractivity (Wildman–Crippen MR) is 93.3 cm³/mol. The van der Waals surface area contributed by atoms with Gasteiger partial charge in [-0.15, -0.1) is 0 Å². The van der Waals surface area contributed by atoms with E-state index in [0.29, 0.717) is 12.3 Å². The molecule has 1 heterocycles. The normalized spacial score (nSPS) is 17.0. The van der Waals surface area contributed by atoms with Crippen LogP contribution in [0.5, 0.6) is 5.75 Å². The number of amidine groups is 1. The highest BCUT2D eigenvalue weighted by molar-refractivity contribution is 6.06. The summed E-state index contributed by atoms with van der Waals surface area (Å²) in [6.07, 6.45) is 0.594. The molecule has 0 saturated carbocycles. The Morgan fingerprint density at radius 3 is 2.61 bits per heavy atom. The monoisotopic (exact) mass is 307 g/mol. The van der Waals surface area contributed by atoms with E-state index in [9.17, 15) is 0 Å². The molecule has 3 rings (SSSR count). The van der Waals surface area contributed by atoms with Crippen LogP contribution in [0.3, 0.4) is 0 Å². The van der Waals surface area contributed by atoms with Gasteiger partial charge in [-0.05, 0) is 17.7 Å². The number of ether oxygens (including phenoxy) is 1. The second-order valence-electron chi connectivity index (χ2n) is 5.78. The average Bonchev–Trinajstić information content (AvgIpc) is 2.97. The summed E-state index contributed by atoms with van der Waals surface area (Å²) in [5.74, 6) is 1.62. The fourth-order valence-electron chi connectivity index (χ4n) is 2.84. The lowest BCUT2D eigenvalue weighted by Crippen LogP contribution is -2.26. The van der Waals surface area contributed by atoms with Crippen LogP contribution in [0.25, 0.3) is 0 Å². The van der Waals surface area contributed by atoms with E-state index in [4.69, 9.17) is 10.1 Å². The second kappa shape index (κ2) is 6.65. The number of nitrogens with zero attached hydrogens (tertiary/aromatic N) is 2. The quantitative estimate of drug-likeness (QED) is 0.693. The molecule has 1 aliphatic rings. The van der Waals surface area contributed by atoms with Gasteiger partial charge >= 0.3 is 0 Å². The maximum atomic E-state index is 8.35. The zero-order valence-corrected chi connectivity index (χ0v) is 13.5. The van der Waals surface area contributed by atoms with Crippen LogP contribution in [0.4, 0.5) is 0 Å². The SMILES string of the molecule is COc1ccccc1C1=NN(C(=N)Cc2ccccc2)CC1C. The molecule has 1 atom stereocenters. The number of rotatable bonds is 4. The number of nitrogens with one attached hydrogen (secondary N) is 1. The summed E-state index contributed by atoms with van der Waals surface area (Å²) >= 11 is 0. The van der Waals surface area contributed by atoms with Crippen LogP contribution in [0.2, 0.25) is 0 Å². The van der Waals surface area contributed by atoms with Crippen molar-refractivity contribution in [3.8, 4) is 5.75 Å². The van der Waals surface area contributed by atoms with Crippen molar-refractivity contribution in [2.24, 2.45) is 11.0 Å². The molecule has 0 spiro atoms. The van der Waals surface area contributed by atoms with Crippen molar-refractivity contribution in [1.29, 1.82) is 5.41 Å². The summed E-state index contributed by atoms with van der Waals surface area (Å²) in [4.78, 5) is 0. The van der Waals surface area contributed by atoms with Gasteiger partial charge in [0.1, 0.15) is 11.6 Å². The molecule has 1 unspecified atom stereocenters. The number of hydrazone groups is 1. The summed E-state index contributed by atoms with van der Waals surface area (Å²) in [7, 11) is 1.67. The molecular weight excluding hydrogens is 286 g/mol. The Balaban J connectivity index is 1.81. The van der Waals surface area contributed by atoms with Crippen molar-refractivity contribution in [3.63, 3.8) is 0 Å². The first-order chi connectivity index (χ1) is 11.2. The minimum atomic E-state index is 0.266. The molecular formula is C19H21N3O. The summed E-state index contributed by atoms with van der Waals surface area (Å²) in [5.41, 5.74) is 3.13. The standard InChI is InChI=1S/C19H21N3O/c1-14-13-22(18(20)12-15-8-4-3-5-9-15)21-19(14)16-10-6-7-11-17(16)23-2/h3-11,14,20H,12-13H2,1-2H3. The lowest BCUT2D eigenvalue weighted by Gasteiger charge is -2.15. The zero-order chi connectivity index (χ0) is 16.2. The second-order valence-corrected chi connectivity index (χ2v) is 5.78. The smallest absolute Gasteiger partial charge is 0.127 e. The molecule has 23 heavy (non-hydrogen) atoms. The van der Waals surface area contributed by atoms with E-state index < -0.39 is 0 Å². The van der Waals surface area contributed by atoms with Crippen molar-refractivity contribution >= 4 is 11.5 Å². The molecule has 118 valence electrons. The average molecular weight is 307 g/mol. The van der Waals surface area contributed by atoms with Crippen molar-refractivity contribution < 1.29 is 4.74 Å². The van der Waals surface area contributed by atoms with Crippen molar-refractivity contribution in [1.82, 2.24) is 5.01 Å². The molecule has 0 fully saturated rings. The molecule has 2 aromatic carbocycles. The molecule has 0 aliphatic carbocycles. The van der Waals surface area contributed by atoms with E-state index in [-0.39, 0.29) is 5.92 Å². The van der Waals surface area contributed by atoms with Crippen molar-refractivity contribution in [2.75, 3.05) is 13.7 Å². The van der Waals surface area contributed by atoms with Crippen LogP contribution in [0, 0.1) is 11.3 Å². The van der Waals surface area contributed by atoms with Crippen LogP contribution in [-0.2, 0) is 6.42 Å². The number of hydrogen-bond donors (Lipinski definition) is 1. The van der Waals surface area contributed by atoms with E-state index in [1.54, 1.807) is 12.1 Å². The number of para-hydroxylation sites is 1. The summed E-state index contributed by atoms with van der Waals surface area (Å²) in [5, 5.41) is 14.8. The highest BCUT2D eigenvalue weighted by atomic mass is 16.5. The topological polar surface area (TPSA) is 48.7 Å². The summed E-state index contributed by atoms with van der Waals surface area (Å²) < 4.78 is 5.44. The molecule has 1 aliphatic heterocycles. The van der Waals surface area contributed by atoms with Gasteiger partial charge in [0.2, 0.25) is 0 Å². The predicted octanol–water partition coefficient (Wildman–Crippen LogP) is 3.57. The van der Waals surface area contributed by atoms with Gasteiger partial charge < -0.3 is 4.74 Å². The molecule has 0 amide bonds. The van der Waals surface area contributed by atoms with Crippen LogP contribution >= 0.6 is 0 Å². The number of hydrogen-bond acceptors (Lipinski definition) is 3. The van der Waals surface area contributed by atoms with Crippen molar-refractivity contribution in [3.05, 3.63) is 65.7 Å². The minimum absolute atomic E-state index is 0.266. The first-order valence-electron chi connectivity index (χ1n) is 7.80. The van der Waals surface area contributed by atoms with E-state index >= 15 is 0 Å². The van der Waals surface area contributed by atoms with E-state index in [0.717, 1.165) is 29.1 Å². The highest BCUT2D eigenvalue weighted by Crippen LogP contribution is 2.26. The molecule has 4 nitrogen and oxygen atoms in total. The van der Waals surface area contributed by atoms with E-state index in [1.807, 2.05) is 54.6 Å². The number of methoxy groups -OCH3 is 1. The molecule has 2 aromatic rings. The van der Waals surface area contributed by atoms with Crippen molar-refractivity contribution in [2.45, 2.75) is 13.3 Å². The van der Waals surface area contributed by atoms with Crippen LogP contribution in [-0.4, -0.2) is 30.2 Å². The van der Waals surface area contributed by atoms with Gasteiger partial charge in [-0.25, -0.2) is 0 Å². The van der Waals surface area contributed by atoms with Gasteiger partial charge in [0.05, 0.1) is 19.4 Å². The first-order valence-corrected chi connectivity index (χ1v) is 7.80. The number of benzene rings is 2. The zero-order valence-electron chi connectivity index (χ0n) is 13.5. The fraction of sp³-hybridized carbons (Fsp3) is 0.263. The summed E-state index contributed by atoms with van der Waals surface area (Å²) in [6, 6.07) is 18.0. The molecule has 4 heteroatoms. The Morgan fingerprint density at radius 2 is 1.87 bits per heavy atom. The molecule has 0 saturated heterocycles. The third-order valence-electron chi connectivity index (χ3n) is 4.05.